The van der Waals surface area contributed by atoms with Crippen molar-refractivity contribution in [2.45, 2.75) is 39.2 Å². The first-order valence-electron chi connectivity index (χ1n) is 8.10. The van der Waals surface area contributed by atoms with Crippen LogP contribution in [0.15, 0.2) is 30.3 Å². The molecule has 1 atom stereocenters. The monoisotopic (exact) mass is 334 g/mol. The van der Waals surface area contributed by atoms with Gasteiger partial charge in [0.05, 0.1) is 13.7 Å². The van der Waals surface area contributed by atoms with Gasteiger partial charge in [0, 0.05) is 6.42 Å². The van der Waals surface area contributed by atoms with Gasteiger partial charge in [-0.2, -0.15) is 0 Å². The molecule has 0 aliphatic carbocycles. The van der Waals surface area contributed by atoms with Gasteiger partial charge in [-0.05, 0) is 24.3 Å². The quantitative estimate of drug-likeness (QED) is 0.669. The van der Waals surface area contributed by atoms with Gasteiger partial charge in [-0.3, -0.25) is 9.59 Å². The van der Waals surface area contributed by atoms with E-state index in [1.54, 1.807) is 0 Å². The largest absolute Gasteiger partial charge is 0.467 e. The molecule has 0 saturated heterocycles. The number of methoxy groups -OCH3 is 1. The summed E-state index contributed by atoms with van der Waals surface area (Å²) < 4.78 is 4.69. The van der Waals surface area contributed by atoms with E-state index in [1.165, 1.54) is 7.11 Å². The highest BCUT2D eigenvalue weighted by molar-refractivity contribution is 5.88. The first kappa shape index (κ1) is 19.7. The number of rotatable bonds is 9. The third kappa shape index (κ3) is 7.76. The minimum atomic E-state index is -0.691. The van der Waals surface area contributed by atoms with Gasteiger partial charge in [-0.1, -0.05) is 44.2 Å². The predicted molar refractivity (Wildman–Crippen MR) is 91.2 cm³/mol. The maximum Gasteiger partial charge on any atom is 0.328 e. The molecule has 6 heteroatoms. The van der Waals surface area contributed by atoms with Crippen molar-refractivity contribution in [1.29, 1.82) is 0 Å². The predicted octanol–water partition coefficient (Wildman–Crippen LogP) is 1.44. The van der Waals surface area contributed by atoms with Crippen LogP contribution in [0.4, 0.5) is 0 Å². The van der Waals surface area contributed by atoms with E-state index in [-0.39, 0.29) is 18.4 Å². The third-order valence-electron chi connectivity index (χ3n) is 3.46. The summed E-state index contributed by atoms with van der Waals surface area (Å²) in [5, 5.41) is 5.17. The van der Waals surface area contributed by atoms with Crippen molar-refractivity contribution in [3.8, 4) is 0 Å². The molecule has 0 aliphatic rings. The molecule has 0 bridgehead atoms. The molecule has 132 valence electrons. The fraction of sp³-hybridized carbons (Fsp3) is 0.500. The van der Waals surface area contributed by atoms with E-state index < -0.39 is 17.9 Å². The molecule has 0 aromatic heterocycles. The summed E-state index contributed by atoms with van der Waals surface area (Å²) in [4.78, 5) is 35.3. The molecule has 0 fully saturated rings. The van der Waals surface area contributed by atoms with Crippen molar-refractivity contribution < 1.29 is 19.1 Å². The zero-order chi connectivity index (χ0) is 17.9. The molecule has 2 amide bonds. The summed E-state index contributed by atoms with van der Waals surface area (Å²) >= 11 is 0. The Morgan fingerprint density at radius 2 is 1.75 bits per heavy atom. The number of aryl methyl sites for hydroxylation is 1. The first-order chi connectivity index (χ1) is 11.4. The second-order valence-corrected chi connectivity index (χ2v) is 6.04. The number of hydrogen-bond donors (Lipinski definition) is 2. The van der Waals surface area contributed by atoms with Gasteiger partial charge < -0.3 is 15.4 Å². The number of carbonyl (C=O) groups is 3. The second kappa shape index (κ2) is 10.4. The summed E-state index contributed by atoms with van der Waals surface area (Å²) in [5.74, 6) is -0.853. The number of nitrogens with one attached hydrogen (secondary N) is 2. The van der Waals surface area contributed by atoms with Crippen LogP contribution < -0.4 is 10.6 Å². The van der Waals surface area contributed by atoms with Crippen LogP contribution in [-0.2, 0) is 25.5 Å². The summed E-state index contributed by atoms with van der Waals surface area (Å²) in [6, 6.07) is 8.97. The number of amides is 2. The molecule has 6 nitrogen and oxygen atoms in total. The van der Waals surface area contributed by atoms with E-state index in [4.69, 9.17) is 0 Å². The van der Waals surface area contributed by atoms with Crippen LogP contribution in [0.2, 0.25) is 0 Å². The third-order valence-corrected chi connectivity index (χ3v) is 3.46. The fourth-order valence-electron chi connectivity index (χ4n) is 2.24. The van der Waals surface area contributed by atoms with Gasteiger partial charge in [0.1, 0.15) is 6.04 Å². The number of benzene rings is 1. The van der Waals surface area contributed by atoms with Crippen molar-refractivity contribution >= 4 is 17.8 Å². The van der Waals surface area contributed by atoms with Crippen LogP contribution in [0.1, 0.15) is 32.3 Å². The molecule has 1 aromatic carbocycles. The highest BCUT2D eigenvalue weighted by atomic mass is 16.5. The standard InChI is InChI=1S/C18H26N2O4/c1-13(2)11-15(18(23)24-3)20-17(22)12-19-16(21)10-9-14-7-5-4-6-8-14/h4-8,13,15H,9-12H2,1-3H3,(H,19,21)(H,20,22). The minimum absolute atomic E-state index is 0.154. The minimum Gasteiger partial charge on any atom is -0.467 e. The van der Waals surface area contributed by atoms with Crippen LogP contribution in [-0.4, -0.2) is 37.5 Å². The van der Waals surface area contributed by atoms with Crippen LogP contribution in [0.25, 0.3) is 0 Å². The number of hydrogen-bond acceptors (Lipinski definition) is 4. The smallest absolute Gasteiger partial charge is 0.328 e. The van der Waals surface area contributed by atoms with Gasteiger partial charge in [0.25, 0.3) is 0 Å². The fourth-order valence-corrected chi connectivity index (χ4v) is 2.24. The number of ether oxygens (including phenoxy) is 1. The Hall–Kier alpha value is -2.37. The van der Waals surface area contributed by atoms with Crippen molar-refractivity contribution in [3.63, 3.8) is 0 Å². The maximum atomic E-state index is 11.9. The summed E-state index contributed by atoms with van der Waals surface area (Å²) in [5.41, 5.74) is 1.07. The molecule has 2 N–H and O–H groups in total. The van der Waals surface area contributed by atoms with Crippen molar-refractivity contribution in [1.82, 2.24) is 10.6 Å². The Labute approximate surface area is 143 Å². The van der Waals surface area contributed by atoms with Crippen molar-refractivity contribution in [2.24, 2.45) is 5.92 Å². The van der Waals surface area contributed by atoms with E-state index in [9.17, 15) is 14.4 Å². The molecule has 0 heterocycles. The molecular formula is C18H26N2O4. The zero-order valence-electron chi connectivity index (χ0n) is 14.5. The first-order valence-corrected chi connectivity index (χ1v) is 8.10. The highest BCUT2D eigenvalue weighted by Crippen LogP contribution is 2.06. The molecule has 0 radical (unpaired) electrons. The van der Waals surface area contributed by atoms with Gasteiger partial charge in [0.2, 0.25) is 11.8 Å². The molecule has 0 saturated carbocycles. The Morgan fingerprint density at radius 3 is 2.33 bits per heavy atom. The SMILES string of the molecule is COC(=O)C(CC(C)C)NC(=O)CNC(=O)CCc1ccccc1. The summed E-state index contributed by atoms with van der Waals surface area (Å²) in [7, 11) is 1.28. The normalized spacial score (nSPS) is 11.7. The molecule has 1 unspecified atom stereocenters. The topological polar surface area (TPSA) is 84.5 Å². The number of esters is 1. The zero-order valence-corrected chi connectivity index (χ0v) is 14.5. The van der Waals surface area contributed by atoms with Crippen molar-refractivity contribution in [3.05, 3.63) is 35.9 Å². The van der Waals surface area contributed by atoms with Crippen LogP contribution in [0, 0.1) is 5.92 Å². The molecule has 0 spiro atoms. The molecule has 24 heavy (non-hydrogen) atoms. The van der Waals surface area contributed by atoms with Gasteiger partial charge >= 0.3 is 5.97 Å². The lowest BCUT2D eigenvalue weighted by Crippen LogP contribution is -2.46. The second-order valence-electron chi connectivity index (χ2n) is 6.04. The summed E-state index contributed by atoms with van der Waals surface area (Å²) in [6.45, 7) is 3.75. The molecule has 0 aliphatic heterocycles. The van der Waals surface area contributed by atoms with E-state index in [2.05, 4.69) is 15.4 Å². The Balaban J connectivity index is 2.35. The lowest BCUT2D eigenvalue weighted by molar-refractivity contribution is -0.145. The van der Waals surface area contributed by atoms with E-state index in [0.29, 0.717) is 19.3 Å². The van der Waals surface area contributed by atoms with E-state index in [0.717, 1.165) is 5.56 Å². The Morgan fingerprint density at radius 1 is 1.08 bits per heavy atom. The molecule has 1 aromatic rings. The van der Waals surface area contributed by atoms with E-state index >= 15 is 0 Å². The molecule has 1 rings (SSSR count). The van der Waals surface area contributed by atoms with E-state index in [1.807, 2.05) is 44.2 Å². The Bertz CT molecular complexity index is 543. The average Bonchev–Trinajstić information content (AvgIpc) is 2.57. The summed E-state index contributed by atoms with van der Waals surface area (Å²) in [6.07, 6.45) is 1.41. The van der Waals surface area contributed by atoms with Gasteiger partial charge in [0.15, 0.2) is 0 Å². The number of carbonyl (C=O) groups excluding carboxylic acids is 3. The van der Waals surface area contributed by atoms with Crippen LogP contribution in [0.3, 0.4) is 0 Å². The van der Waals surface area contributed by atoms with Gasteiger partial charge in [-0.25, -0.2) is 4.79 Å². The van der Waals surface area contributed by atoms with Gasteiger partial charge in [-0.15, -0.1) is 0 Å². The lowest BCUT2D eigenvalue weighted by Gasteiger charge is -2.18. The molecular weight excluding hydrogens is 308 g/mol. The van der Waals surface area contributed by atoms with Crippen molar-refractivity contribution in [2.75, 3.05) is 13.7 Å². The van der Waals surface area contributed by atoms with Crippen LogP contribution in [0.5, 0.6) is 0 Å². The Kier molecular flexibility index (Phi) is 8.54. The average molecular weight is 334 g/mol. The van der Waals surface area contributed by atoms with Crippen LogP contribution >= 0.6 is 0 Å². The lowest BCUT2D eigenvalue weighted by atomic mass is 10.0. The highest BCUT2D eigenvalue weighted by Gasteiger charge is 2.22. The maximum absolute atomic E-state index is 11.9.